The SMILES string of the molecule is CC(=O)OCC(=O)N[C@@H](CC=C(C)C)C(N)=O. The fourth-order valence-electron chi connectivity index (χ4n) is 1.00. The lowest BCUT2D eigenvalue weighted by molar-refractivity contribution is -0.146. The first-order chi connectivity index (χ1) is 7.82. The zero-order valence-electron chi connectivity index (χ0n) is 10.3. The molecule has 0 bridgehead atoms. The Kier molecular flexibility index (Phi) is 6.62. The summed E-state index contributed by atoms with van der Waals surface area (Å²) in [6.45, 7) is 4.54. The van der Waals surface area contributed by atoms with Crippen molar-refractivity contribution in [2.45, 2.75) is 33.2 Å². The third-order valence-corrected chi connectivity index (χ3v) is 1.85. The van der Waals surface area contributed by atoms with E-state index in [0.717, 1.165) is 5.57 Å². The van der Waals surface area contributed by atoms with Crippen molar-refractivity contribution in [1.82, 2.24) is 5.32 Å². The average molecular weight is 242 g/mol. The van der Waals surface area contributed by atoms with Crippen molar-refractivity contribution < 1.29 is 19.1 Å². The van der Waals surface area contributed by atoms with E-state index in [1.54, 1.807) is 6.08 Å². The number of nitrogens with two attached hydrogens (primary N) is 1. The van der Waals surface area contributed by atoms with Crippen LogP contribution in [0.4, 0.5) is 0 Å². The van der Waals surface area contributed by atoms with Gasteiger partial charge >= 0.3 is 5.97 Å². The molecular formula is C11H18N2O4. The summed E-state index contributed by atoms with van der Waals surface area (Å²) >= 11 is 0. The molecule has 0 aliphatic carbocycles. The predicted molar refractivity (Wildman–Crippen MR) is 61.8 cm³/mol. The van der Waals surface area contributed by atoms with Crippen molar-refractivity contribution in [2.24, 2.45) is 5.73 Å². The highest BCUT2D eigenvalue weighted by Gasteiger charge is 2.17. The number of hydrogen-bond donors (Lipinski definition) is 2. The average Bonchev–Trinajstić information content (AvgIpc) is 2.20. The van der Waals surface area contributed by atoms with Crippen LogP contribution in [0.5, 0.6) is 0 Å². The zero-order chi connectivity index (χ0) is 13.4. The van der Waals surface area contributed by atoms with Gasteiger partial charge in [-0.25, -0.2) is 0 Å². The Bertz CT molecular complexity index is 332. The number of allylic oxidation sites excluding steroid dienone is 1. The van der Waals surface area contributed by atoms with Crippen molar-refractivity contribution in [1.29, 1.82) is 0 Å². The fraction of sp³-hybridized carbons (Fsp3) is 0.545. The van der Waals surface area contributed by atoms with Crippen LogP contribution in [0, 0.1) is 0 Å². The number of amides is 2. The third kappa shape index (κ3) is 8.01. The minimum Gasteiger partial charge on any atom is -0.456 e. The minimum atomic E-state index is -0.784. The van der Waals surface area contributed by atoms with Crippen LogP contribution in [-0.2, 0) is 19.1 Å². The van der Waals surface area contributed by atoms with Gasteiger partial charge in [0.15, 0.2) is 6.61 Å². The number of carbonyl (C=O) groups excluding carboxylic acids is 3. The van der Waals surface area contributed by atoms with Gasteiger partial charge in [0.05, 0.1) is 0 Å². The summed E-state index contributed by atoms with van der Waals surface area (Å²) in [5.74, 6) is -1.73. The Morgan fingerprint density at radius 2 is 1.88 bits per heavy atom. The molecule has 0 saturated heterocycles. The number of esters is 1. The first-order valence-electron chi connectivity index (χ1n) is 5.18. The van der Waals surface area contributed by atoms with Gasteiger partial charge in [0.2, 0.25) is 5.91 Å². The van der Waals surface area contributed by atoms with E-state index >= 15 is 0 Å². The van der Waals surface area contributed by atoms with Crippen molar-refractivity contribution >= 4 is 17.8 Å². The van der Waals surface area contributed by atoms with E-state index in [2.05, 4.69) is 10.1 Å². The van der Waals surface area contributed by atoms with Gasteiger partial charge in [-0.05, 0) is 20.3 Å². The smallest absolute Gasteiger partial charge is 0.303 e. The van der Waals surface area contributed by atoms with Crippen molar-refractivity contribution in [2.75, 3.05) is 6.61 Å². The van der Waals surface area contributed by atoms with E-state index in [1.807, 2.05) is 13.8 Å². The molecule has 0 aromatic carbocycles. The number of rotatable bonds is 6. The molecule has 0 fully saturated rings. The molecule has 0 heterocycles. The largest absolute Gasteiger partial charge is 0.456 e. The Hall–Kier alpha value is -1.85. The minimum absolute atomic E-state index is 0.323. The van der Waals surface area contributed by atoms with Crippen LogP contribution in [0.25, 0.3) is 0 Å². The first kappa shape index (κ1) is 15.2. The third-order valence-electron chi connectivity index (χ3n) is 1.85. The normalized spacial score (nSPS) is 11.2. The van der Waals surface area contributed by atoms with E-state index < -0.39 is 30.4 Å². The first-order valence-corrected chi connectivity index (χ1v) is 5.18. The molecular weight excluding hydrogens is 224 g/mol. The van der Waals surface area contributed by atoms with Gasteiger partial charge in [0, 0.05) is 6.92 Å². The van der Waals surface area contributed by atoms with Gasteiger partial charge in [-0.15, -0.1) is 0 Å². The molecule has 3 N–H and O–H groups in total. The summed E-state index contributed by atoms with van der Waals surface area (Å²) in [6.07, 6.45) is 2.12. The lowest BCUT2D eigenvalue weighted by Gasteiger charge is -2.13. The molecule has 6 nitrogen and oxygen atoms in total. The number of hydrogen-bond acceptors (Lipinski definition) is 4. The Morgan fingerprint density at radius 3 is 2.29 bits per heavy atom. The zero-order valence-corrected chi connectivity index (χ0v) is 10.3. The van der Waals surface area contributed by atoms with Crippen LogP contribution in [0.3, 0.4) is 0 Å². The summed E-state index contributed by atoms with van der Waals surface area (Å²) in [5.41, 5.74) is 6.16. The molecule has 2 amide bonds. The lowest BCUT2D eigenvalue weighted by Crippen LogP contribution is -2.45. The van der Waals surface area contributed by atoms with Crippen LogP contribution < -0.4 is 11.1 Å². The molecule has 1 atom stereocenters. The second-order valence-corrected chi connectivity index (χ2v) is 3.82. The molecule has 0 spiro atoms. The Morgan fingerprint density at radius 1 is 1.29 bits per heavy atom. The number of carbonyl (C=O) groups is 3. The Balaban J connectivity index is 4.25. The van der Waals surface area contributed by atoms with Crippen molar-refractivity contribution in [3.05, 3.63) is 11.6 Å². The van der Waals surface area contributed by atoms with E-state index in [4.69, 9.17) is 5.73 Å². The van der Waals surface area contributed by atoms with Gasteiger partial charge in [0.1, 0.15) is 6.04 Å². The number of nitrogens with one attached hydrogen (secondary N) is 1. The monoisotopic (exact) mass is 242 g/mol. The molecule has 0 aliphatic heterocycles. The van der Waals surface area contributed by atoms with Crippen LogP contribution in [-0.4, -0.2) is 30.4 Å². The molecule has 17 heavy (non-hydrogen) atoms. The molecule has 0 unspecified atom stereocenters. The number of ether oxygens (including phenoxy) is 1. The molecule has 96 valence electrons. The molecule has 6 heteroatoms. The van der Waals surface area contributed by atoms with Crippen LogP contribution >= 0.6 is 0 Å². The predicted octanol–water partition coefficient (Wildman–Crippen LogP) is -0.124. The lowest BCUT2D eigenvalue weighted by atomic mass is 10.1. The maximum Gasteiger partial charge on any atom is 0.303 e. The quantitative estimate of drug-likeness (QED) is 0.501. The van der Waals surface area contributed by atoms with Gasteiger partial charge < -0.3 is 15.8 Å². The van der Waals surface area contributed by atoms with E-state index in [9.17, 15) is 14.4 Å². The highest BCUT2D eigenvalue weighted by Crippen LogP contribution is 1.98. The number of primary amides is 1. The summed E-state index contributed by atoms with van der Waals surface area (Å²) in [7, 11) is 0. The van der Waals surface area contributed by atoms with Crippen LogP contribution in [0.15, 0.2) is 11.6 Å². The summed E-state index contributed by atoms with van der Waals surface area (Å²) in [5, 5.41) is 2.39. The molecule has 0 aromatic rings. The highest BCUT2D eigenvalue weighted by atomic mass is 16.5. The van der Waals surface area contributed by atoms with Crippen LogP contribution in [0.2, 0.25) is 0 Å². The second-order valence-electron chi connectivity index (χ2n) is 3.82. The van der Waals surface area contributed by atoms with E-state index in [1.165, 1.54) is 6.92 Å². The maximum absolute atomic E-state index is 11.3. The van der Waals surface area contributed by atoms with Gasteiger partial charge in [0.25, 0.3) is 5.91 Å². The van der Waals surface area contributed by atoms with Crippen molar-refractivity contribution in [3.63, 3.8) is 0 Å². The summed E-state index contributed by atoms with van der Waals surface area (Å²) < 4.78 is 4.49. The van der Waals surface area contributed by atoms with Crippen LogP contribution in [0.1, 0.15) is 27.2 Å². The van der Waals surface area contributed by atoms with Gasteiger partial charge in [-0.3, -0.25) is 14.4 Å². The maximum atomic E-state index is 11.3. The Labute approximate surface area is 100 Å². The van der Waals surface area contributed by atoms with Gasteiger partial charge in [-0.1, -0.05) is 11.6 Å². The molecule has 0 saturated carbocycles. The molecule has 0 aromatic heterocycles. The van der Waals surface area contributed by atoms with E-state index in [-0.39, 0.29) is 0 Å². The summed E-state index contributed by atoms with van der Waals surface area (Å²) in [4.78, 5) is 32.8. The molecule has 0 radical (unpaired) electrons. The molecule has 0 rings (SSSR count). The fourth-order valence-corrected chi connectivity index (χ4v) is 1.00. The van der Waals surface area contributed by atoms with E-state index in [0.29, 0.717) is 6.42 Å². The van der Waals surface area contributed by atoms with Gasteiger partial charge in [-0.2, -0.15) is 0 Å². The topological polar surface area (TPSA) is 98.5 Å². The summed E-state index contributed by atoms with van der Waals surface area (Å²) in [6, 6.07) is -0.784. The van der Waals surface area contributed by atoms with Crippen molar-refractivity contribution in [3.8, 4) is 0 Å². The second kappa shape index (κ2) is 7.43. The highest BCUT2D eigenvalue weighted by molar-refractivity contribution is 5.87. The standard InChI is InChI=1S/C11H18N2O4/c1-7(2)4-5-9(11(12)16)13-10(15)6-17-8(3)14/h4,9H,5-6H2,1-3H3,(H2,12,16)(H,13,15)/t9-/m0/s1. The molecule has 0 aliphatic rings.